The fourth-order valence-electron chi connectivity index (χ4n) is 2.50. The molecular weight excluding hydrogens is 416 g/mol. The largest absolute Gasteiger partial charge is 0.416 e. The van der Waals surface area contributed by atoms with Gasteiger partial charge in [0.15, 0.2) is 5.82 Å². The fourth-order valence-corrected chi connectivity index (χ4v) is 2.50. The molecule has 0 saturated carbocycles. The second-order valence-corrected chi connectivity index (χ2v) is 5.99. The van der Waals surface area contributed by atoms with Gasteiger partial charge in [0.2, 0.25) is 0 Å². The summed E-state index contributed by atoms with van der Waals surface area (Å²) in [5, 5.41) is 3.85. The van der Waals surface area contributed by atoms with Gasteiger partial charge in [0.05, 0.1) is 16.7 Å². The van der Waals surface area contributed by atoms with Crippen molar-refractivity contribution >= 4 is 17.7 Å². The second-order valence-electron chi connectivity index (χ2n) is 5.99. The number of hydrogen-bond acceptors (Lipinski definition) is 4. The smallest absolute Gasteiger partial charge is 0.366 e. The number of benzene rings is 1. The van der Waals surface area contributed by atoms with Crippen molar-refractivity contribution in [2.24, 2.45) is 5.73 Å². The summed E-state index contributed by atoms with van der Waals surface area (Å²) in [6.07, 6.45) is -5.03. The summed E-state index contributed by atoms with van der Waals surface area (Å²) in [4.78, 5) is 19.3. The molecule has 0 radical (unpaired) electrons. The molecule has 0 saturated heterocycles. The summed E-state index contributed by atoms with van der Waals surface area (Å²) >= 11 is 0. The topological polar surface area (TPSA) is 86.7 Å². The van der Waals surface area contributed by atoms with Crippen LogP contribution in [0.25, 0.3) is 23.2 Å². The van der Waals surface area contributed by atoms with Gasteiger partial charge in [0.25, 0.3) is 5.91 Å². The van der Waals surface area contributed by atoms with E-state index in [4.69, 9.17) is 5.73 Å². The summed E-state index contributed by atoms with van der Waals surface area (Å²) in [7, 11) is 0. The predicted molar refractivity (Wildman–Crippen MR) is 93.1 cm³/mol. The Balaban J connectivity index is 2.06. The van der Waals surface area contributed by atoms with Crippen molar-refractivity contribution in [2.75, 3.05) is 0 Å². The van der Waals surface area contributed by atoms with Crippen LogP contribution in [0.2, 0.25) is 0 Å². The number of nitrogens with zero attached hydrogens (tertiary/aromatic N) is 4. The first-order valence-corrected chi connectivity index (χ1v) is 8.08. The van der Waals surface area contributed by atoms with Crippen molar-refractivity contribution < 1.29 is 31.1 Å². The summed E-state index contributed by atoms with van der Waals surface area (Å²) in [6, 6.07) is 4.00. The van der Waals surface area contributed by atoms with E-state index in [1.165, 1.54) is 24.5 Å². The van der Waals surface area contributed by atoms with E-state index in [0.29, 0.717) is 17.7 Å². The lowest BCUT2D eigenvalue weighted by molar-refractivity contribution is -0.143. The molecule has 156 valence electrons. The van der Waals surface area contributed by atoms with Gasteiger partial charge < -0.3 is 5.73 Å². The SMILES string of the molecule is NC(=O)/C(=C/n1cnc(-c2cc(C(F)(F)F)cc(C(F)(F)F)c2)n1)c1ccncc1. The molecule has 2 heterocycles. The van der Waals surface area contributed by atoms with E-state index in [1.807, 2.05) is 0 Å². The average molecular weight is 427 g/mol. The molecule has 12 heteroatoms. The van der Waals surface area contributed by atoms with E-state index >= 15 is 0 Å². The number of rotatable bonds is 4. The minimum absolute atomic E-state index is 0.00896. The average Bonchev–Trinajstić information content (AvgIpc) is 3.13. The van der Waals surface area contributed by atoms with Gasteiger partial charge in [0, 0.05) is 24.2 Å². The predicted octanol–water partition coefficient (Wildman–Crippen LogP) is 3.86. The van der Waals surface area contributed by atoms with Gasteiger partial charge in [-0.15, -0.1) is 5.10 Å². The Morgan fingerprint density at radius 1 is 0.967 bits per heavy atom. The standard InChI is InChI=1S/C18H11F6N5O/c19-17(20,21)12-5-11(6-13(7-12)18(22,23)24)16-27-9-29(28-16)8-14(15(25)30)10-1-3-26-4-2-10/h1-9H,(H2,25,30)/b14-8+. The van der Waals surface area contributed by atoms with Crippen LogP contribution < -0.4 is 5.73 Å². The molecule has 30 heavy (non-hydrogen) atoms. The highest BCUT2D eigenvalue weighted by molar-refractivity contribution is 6.22. The van der Waals surface area contributed by atoms with E-state index in [2.05, 4.69) is 15.1 Å². The van der Waals surface area contributed by atoms with Gasteiger partial charge in [-0.05, 0) is 35.9 Å². The normalized spacial score (nSPS) is 12.8. The number of halogens is 6. The van der Waals surface area contributed by atoms with Crippen LogP contribution in [0.3, 0.4) is 0 Å². The first-order chi connectivity index (χ1) is 13.9. The van der Waals surface area contributed by atoms with Crippen LogP contribution in [0, 0.1) is 0 Å². The summed E-state index contributed by atoms with van der Waals surface area (Å²) in [5.41, 5.74) is 2.22. The van der Waals surface area contributed by atoms with E-state index in [0.717, 1.165) is 17.2 Å². The highest BCUT2D eigenvalue weighted by Gasteiger charge is 2.37. The number of alkyl halides is 6. The number of carbonyl (C=O) groups is 1. The molecule has 0 aliphatic carbocycles. The van der Waals surface area contributed by atoms with Gasteiger partial charge in [-0.1, -0.05) is 0 Å². The molecule has 1 amide bonds. The number of carbonyl (C=O) groups excluding carboxylic acids is 1. The molecule has 0 spiro atoms. The second kappa shape index (κ2) is 7.61. The summed E-state index contributed by atoms with van der Waals surface area (Å²) < 4.78 is 79.1. The van der Waals surface area contributed by atoms with Crippen molar-refractivity contribution in [3.63, 3.8) is 0 Å². The Labute approximate surface area is 164 Å². The number of aromatic nitrogens is 4. The van der Waals surface area contributed by atoms with Crippen molar-refractivity contribution in [2.45, 2.75) is 12.4 Å². The maximum atomic E-state index is 13.0. The Bertz CT molecular complexity index is 1070. The summed E-state index contributed by atoms with van der Waals surface area (Å²) in [5.74, 6) is -1.24. The van der Waals surface area contributed by atoms with E-state index in [9.17, 15) is 31.1 Å². The quantitative estimate of drug-likeness (QED) is 0.506. The zero-order valence-corrected chi connectivity index (χ0v) is 14.7. The number of hydrogen-bond donors (Lipinski definition) is 1. The minimum atomic E-state index is -5.00. The Morgan fingerprint density at radius 3 is 2.03 bits per heavy atom. The molecule has 2 N–H and O–H groups in total. The first kappa shape index (κ1) is 21.0. The lowest BCUT2D eigenvalue weighted by atomic mass is 10.0. The van der Waals surface area contributed by atoms with Crippen LogP contribution in [-0.2, 0) is 17.1 Å². The molecule has 0 fully saturated rings. The maximum Gasteiger partial charge on any atom is 0.416 e. The van der Waals surface area contributed by atoms with E-state index < -0.39 is 40.8 Å². The Hall–Kier alpha value is -3.70. The van der Waals surface area contributed by atoms with Crippen LogP contribution in [-0.4, -0.2) is 25.7 Å². The first-order valence-electron chi connectivity index (χ1n) is 8.08. The highest BCUT2D eigenvalue weighted by Crippen LogP contribution is 2.38. The minimum Gasteiger partial charge on any atom is -0.366 e. The van der Waals surface area contributed by atoms with Crippen molar-refractivity contribution in [3.8, 4) is 11.4 Å². The molecule has 6 nitrogen and oxygen atoms in total. The zero-order valence-electron chi connectivity index (χ0n) is 14.7. The van der Waals surface area contributed by atoms with Crippen molar-refractivity contribution in [3.05, 3.63) is 65.7 Å². The highest BCUT2D eigenvalue weighted by atomic mass is 19.4. The van der Waals surface area contributed by atoms with Gasteiger partial charge >= 0.3 is 12.4 Å². The van der Waals surface area contributed by atoms with Gasteiger partial charge in [-0.3, -0.25) is 9.78 Å². The molecule has 0 aliphatic rings. The lowest BCUT2D eigenvalue weighted by Gasteiger charge is -2.13. The molecule has 0 unspecified atom stereocenters. The van der Waals surface area contributed by atoms with E-state index in [-0.39, 0.29) is 11.6 Å². The van der Waals surface area contributed by atoms with Crippen molar-refractivity contribution in [1.29, 1.82) is 0 Å². The summed E-state index contributed by atoms with van der Waals surface area (Å²) in [6.45, 7) is 0. The zero-order chi connectivity index (χ0) is 22.1. The fraction of sp³-hybridized carbons (Fsp3) is 0.111. The van der Waals surface area contributed by atoms with Crippen LogP contribution in [0.4, 0.5) is 26.3 Å². The molecule has 2 aromatic heterocycles. The third kappa shape index (κ3) is 4.64. The molecule has 3 rings (SSSR count). The molecule has 0 atom stereocenters. The number of primary amides is 1. The molecule has 0 bridgehead atoms. The molecule has 1 aromatic carbocycles. The molecular formula is C18H11F6N5O. The lowest BCUT2D eigenvalue weighted by Crippen LogP contribution is -2.13. The van der Waals surface area contributed by atoms with Crippen LogP contribution in [0.15, 0.2) is 49.1 Å². The number of nitrogens with two attached hydrogens (primary N) is 1. The molecule has 3 aromatic rings. The van der Waals surface area contributed by atoms with Gasteiger partial charge in [-0.25, -0.2) is 9.67 Å². The number of amides is 1. The third-order valence-corrected chi connectivity index (χ3v) is 3.87. The Kier molecular flexibility index (Phi) is 5.33. The monoisotopic (exact) mass is 427 g/mol. The van der Waals surface area contributed by atoms with E-state index in [1.54, 1.807) is 0 Å². The number of pyridine rings is 1. The van der Waals surface area contributed by atoms with Crippen LogP contribution >= 0.6 is 0 Å². The molecule has 0 aliphatic heterocycles. The third-order valence-electron chi connectivity index (χ3n) is 3.87. The van der Waals surface area contributed by atoms with Gasteiger partial charge in [0.1, 0.15) is 6.33 Å². The van der Waals surface area contributed by atoms with Crippen LogP contribution in [0.5, 0.6) is 0 Å². The van der Waals surface area contributed by atoms with Crippen molar-refractivity contribution in [1.82, 2.24) is 19.7 Å². The maximum absolute atomic E-state index is 13.0. The Morgan fingerprint density at radius 2 is 1.53 bits per heavy atom. The van der Waals surface area contributed by atoms with Gasteiger partial charge in [-0.2, -0.15) is 26.3 Å². The van der Waals surface area contributed by atoms with Crippen LogP contribution in [0.1, 0.15) is 16.7 Å².